The zero-order valence-corrected chi connectivity index (χ0v) is 21.2. The number of hydrogen-bond donors (Lipinski definition) is 0. The lowest BCUT2D eigenvalue weighted by Crippen LogP contribution is -2.53. The first-order valence-electron chi connectivity index (χ1n) is 12.2. The van der Waals surface area contributed by atoms with Crippen LogP contribution in [0.3, 0.4) is 0 Å². The summed E-state index contributed by atoms with van der Waals surface area (Å²) in [4.78, 5) is 12.7. The molecule has 0 aromatic carbocycles. The summed E-state index contributed by atoms with van der Waals surface area (Å²) in [6.45, 7) is 19.1. The number of allylic oxidation sites excluding steroid dienone is 1. The van der Waals surface area contributed by atoms with Gasteiger partial charge < -0.3 is 4.43 Å². The van der Waals surface area contributed by atoms with Gasteiger partial charge in [0.15, 0.2) is 8.32 Å². The average molecular weight is 417 g/mol. The molecule has 0 aromatic heterocycles. The molecule has 164 valence electrons. The molecular formula is C26H44O2Si. The Morgan fingerprint density at radius 1 is 1.03 bits per heavy atom. The van der Waals surface area contributed by atoms with E-state index in [0.29, 0.717) is 35.1 Å². The van der Waals surface area contributed by atoms with E-state index < -0.39 is 8.32 Å². The van der Waals surface area contributed by atoms with Gasteiger partial charge in [0.2, 0.25) is 0 Å². The molecule has 7 atom stereocenters. The van der Waals surface area contributed by atoms with Crippen LogP contribution in [0.15, 0.2) is 11.6 Å². The minimum atomic E-state index is -1.72. The van der Waals surface area contributed by atoms with Crippen LogP contribution < -0.4 is 0 Å². The number of ketones is 1. The second-order valence-corrected chi connectivity index (χ2v) is 17.7. The Labute approximate surface area is 180 Å². The van der Waals surface area contributed by atoms with Crippen molar-refractivity contribution >= 4 is 14.1 Å². The molecule has 0 spiro atoms. The van der Waals surface area contributed by atoms with Gasteiger partial charge in [-0.3, -0.25) is 4.79 Å². The molecule has 3 saturated carbocycles. The number of carbonyl (C=O) groups is 1. The van der Waals surface area contributed by atoms with Crippen LogP contribution in [0, 0.1) is 34.5 Å². The number of fused-ring (bicyclic) bond motifs is 5. The van der Waals surface area contributed by atoms with Crippen LogP contribution in [0.2, 0.25) is 18.1 Å². The van der Waals surface area contributed by atoms with Crippen molar-refractivity contribution in [2.45, 2.75) is 111 Å². The van der Waals surface area contributed by atoms with Gasteiger partial charge in [0.1, 0.15) is 5.78 Å². The van der Waals surface area contributed by atoms with Crippen LogP contribution in [-0.4, -0.2) is 20.2 Å². The smallest absolute Gasteiger partial charge is 0.192 e. The first kappa shape index (κ1) is 21.8. The predicted octanol–water partition coefficient (Wildman–Crippen LogP) is 7.15. The Morgan fingerprint density at radius 2 is 1.66 bits per heavy atom. The van der Waals surface area contributed by atoms with E-state index in [2.05, 4.69) is 60.7 Å². The molecule has 0 aliphatic heterocycles. The molecule has 0 heterocycles. The third-order valence-electron chi connectivity index (χ3n) is 10.4. The summed E-state index contributed by atoms with van der Waals surface area (Å²) in [7, 11) is -1.72. The fourth-order valence-electron chi connectivity index (χ4n) is 7.45. The molecule has 3 fully saturated rings. The minimum absolute atomic E-state index is 0.0280. The highest BCUT2D eigenvalue weighted by molar-refractivity contribution is 6.74. The molecule has 4 aliphatic rings. The molecule has 2 nitrogen and oxygen atoms in total. The van der Waals surface area contributed by atoms with Crippen molar-refractivity contribution in [2.24, 2.45) is 34.5 Å². The van der Waals surface area contributed by atoms with Crippen molar-refractivity contribution in [1.82, 2.24) is 0 Å². The Hall–Kier alpha value is -0.413. The highest BCUT2D eigenvalue weighted by Gasteiger charge is 2.60. The van der Waals surface area contributed by atoms with E-state index in [-0.39, 0.29) is 10.5 Å². The van der Waals surface area contributed by atoms with Crippen molar-refractivity contribution in [2.75, 3.05) is 0 Å². The largest absolute Gasteiger partial charge is 0.414 e. The number of rotatable bonds is 2. The quantitative estimate of drug-likeness (QED) is 0.353. The van der Waals surface area contributed by atoms with Crippen LogP contribution >= 0.6 is 0 Å². The highest BCUT2D eigenvalue weighted by atomic mass is 28.4. The highest BCUT2D eigenvalue weighted by Crippen LogP contribution is 2.65. The van der Waals surface area contributed by atoms with E-state index in [1.54, 1.807) is 5.57 Å². The normalized spacial score (nSPS) is 45.3. The Kier molecular flexibility index (Phi) is 5.11. The van der Waals surface area contributed by atoms with E-state index in [1.807, 2.05) is 0 Å². The van der Waals surface area contributed by atoms with Crippen molar-refractivity contribution in [1.29, 1.82) is 0 Å². The molecule has 4 rings (SSSR count). The van der Waals surface area contributed by atoms with Gasteiger partial charge in [0, 0.05) is 17.9 Å². The second kappa shape index (κ2) is 6.79. The van der Waals surface area contributed by atoms with Gasteiger partial charge in [-0.25, -0.2) is 0 Å². The Balaban J connectivity index is 1.58. The molecule has 0 unspecified atom stereocenters. The summed E-state index contributed by atoms with van der Waals surface area (Å²) in [5, 5.41) is 0.274. The van der Waals surface area contributed by atoms with E-state index in [1.165, 1.54) is 19.3 Å². The minimum Gasteiger partial charge on any atom is -0.414 e. The molecule has 0 bridgehead atoms. The van der Waals surface area contributed by atoms with Crippen molar-refractivity contribution < 1.29 is 9.22 Å². The fraction of sp³-hybridized carbons (Fsp3) is 0.885. The summed E-state index contributed by atoms with van der Waals surface area (Å²) in [6, 6.07) is 0. The summed E-state index contributed by atoms with van der Waals surface area (Å²) in [6.07, 6.45) is 11.0. The monoisotopic (exact) mass is 416 g/mol. The molecule has 29 heavy (non-hydrogen) atoms. The topological polar surface area (TPSA) is 26.3 Å². The lowest BCUT2D eigenvalue weighted by molar-refractivity contribution is -0.133. The molecule has 0 saturated heterocycles. The maximum atomic E-state index is 12.7. The lowest BCUT2D eigenvalue weighted by atomic mass is 9.46. The van der Waals surface area contributed by atoms with Gasteiger partial charge >= 0.3 is 0 Å². The first-order valence-corrected chi connectivity index (χ1v) is 15.1. The van der Waals surface area contributed by atoms with Crippen molar-refractivity contribution in [3.8, 4) is 0 Å². The summed E-state index contributed by atoms with van der Waals surface area (Å²) in [5.74, 6) is 3.23. The van der Waals surface area contributed by atoms with E-state index in [4.69, 9.17) is 4.43 Å². The van der Waals surface area contributed by atoms with Crippen molar-refractivity contribution in [3.05, 3.63) is 11.6 Å². The van der Waals surface area contributed by atoms with Gasteiger partial charge in [-0.1, -0.05) is 53.2 Å². The lowest BCUT2D eigenvalue weighted by Gasteiger charge is -2.59. The summed E-state index contributed by atoms with van der Waals surface area (Å²) in [5.41, 5.74) is 1.99. The van der Waals surface area contributed by atoms with Crippen LogP contribution in [-0.2, 0) is 9.22 Å². The standard InChI is InChI=1S/C26H44O2Si/c1-17-15-18-16-19(28-29(7,8)24(2,3)4)11-13-25(18,5)21-12-14-26(6)20(23(17)21)9-10-22(26)27/h15,17,19-21,23H,9-14,16H2,1-8H3/t17-,19+,20+,21+,23+,25+,26+/m1/s1. The fourth-order valence-corrected chi connectivity index (χ4v) is 8.84. The molecule has 0 aromatic rings. The maximum absolute atomic E-state index is 12.7. The van der Waals surface area contributed by atoms with Gasteiger partial charge in [-0.15, -0.1) is 0 Å². The molecular weight excluding hydrogens is 372 g/mol. The van der Waals surface area contributed by atoms with Gasteiger partial charge in [0.05, 0.1) is 0 Å². The summed E-state index contributed by atoms with van der Waals surface area (Å²) < 4.78 is 6.86. The van der Waals surface area contributed by atoms with E-state index >= 15 is 0 Å². The van der Waals surface area contributed by atoms with Gasteiger partial charge in [-0.05, 0) is 85.7 Å². The SMILES string of the molecule is C[C@@H]1C=C2C[C@@H](O[Si](C)(C)C(C)(C)C)CC[C@]2(C)[C@H]2CC[C@]3(C)C(=O)CC[C@H]3[C@H]12. The third-order valence-corrected chi connectivity index (χ3v) is 14.9. The van der Waals surface area contributed by atoms with Crippen LogP contribution in [0.1, 0.15) is 86.5 Å². The zero-order chi connectivity index (χ0) is 21.4. The average Bonchev–Trinajstić information content (AvgIpc) is 2.90. The van der Waals surface area contributed by atoms with Crippen LogP contribution in [0.5, 0.6) is 0 Å². The van der Waals surface area contributed by atoms with E-state index in [0.717, 1.165) is 31.6 Å². The zero-order valence-electron chi connectivity index (χ0n) is 20.2. The number of Topliss-reactive ketones (excluding diaryl/α,β-unsaturated/α-hetero) is 1. The Morgan fingerprint density at radius 3 is 2.31 bits per heavy atom. The molecule has 3 heteroatoms. The first-order chi connectivity index (χ1) is 13.3. The number of carbonyl (C=O) groups excluding carboxylic acids is 1. The molecule has 0 radical (unpaired) electrons. The van der Waals surface area contributed by atoms with Gasteiger partial charge in [-0.2, -0.15) is 0 Å². The molecule has 4 aliphatic carbocycles. The predicted molar refractivity (Wildman–Crippen MR) is 123 cm³/mol. The molecule has 0 N–H and O–H groups in total. The van der Waals surface area contributed by atoms with Crippen LogP contribution in [0.25, 0.3) is 0 Å². The maximum Gasteiger partial charge on any atom is 0.192 e. The number of hydrogen-bond acceptors (Lipinski definition) is 2. The molecule has 0 amide bonds. The van der Waals surface area contributed by atoms with Crippen molar-refractivity contribution in [3.63, 3.8) is 0 Å². The van der Waals surface area contributed by atoms with E-state index in [9.17, 15) is 4.79 Å². The Bertz CT molecular complexity index is 717. The van der Waals surface area contributed by atoms with Gasteiger partial charge in [0.25, 0.3) is 0 Å². The third kappa shape index (κ3) is 3.25. The second-order valence-electron chi connectivity index (χ2n) is 12.9. The van der Waals surface area contributed by atoms with Crippen LogP contribution in [0.4, 0.5) is 0 Å². The summed E-state index contributed by atoms with van der Waals surface area (Å²) >= 11 is 0.